The number of carbonyl (C=O) groups is 3. The highest BCUT2D eigenvalue weighted by atomic mass is 16.2. The van der Waals surface area contributed by atoms with E-state index in [-0.39, 0.29) is 29.6 Å². The standard InChI is InChI=1S/C21H20N4O3/c26-19(23-13-14-8-10-22-11-9-14)15-4-3-5-16(12-15)25-21(28)18-7-2-1-6-17(18)20(27)24-25/h1-5,8-12,17-18H,6-7,13H2,(H,23,26)(H,24,27)/t17-,18+/m0/s1. The third-order valence-corrected chi connectivity index (χ3v) is 5.10. The second-order valence-electron chi connectivity index (χ2n) is 6.89. The van der Waals surface area contributed by atoms with Crippen molar-refractivity contribution in [2.24, 2.45) is 11.8 Å². The number of aromatic nitrogens is 1. The fraction of sp³-hybridized carbons (Fsp3) is 0.238. The van der Waals surface area contributed by atoms with Gasteiger partial charge in [-0.2, -0.15) is 0 Å². The molecule has 0 saturated carbocycles. The summed E-state index contributed by atoms with van der Waals surface area (Å²) in [5.41, 5.74) is 4.51. The molecule has 2 N–H and O–H groups in total. The van der Waals surface area contributed by atoms with Crippen molar-refractivity contribution in [2.75, 3.05) is 5.01 Å². The summed E-state index contributed by atoms with van der Waals surface area (Å²) in [6.07, 6.45) is 8.35. The number of benzene rings is 1. The molecule has 2 aromatic rings. The molecule has 0 radical (unpaired) electrons. The Bertz CT molecular complexity index is 942. The summed E-state index contributed by atoms with van der Waals surface area (Å²) in [6.45, 7) is 0.376. The number of anilines is 1. The molecule has 2 heterocycles. The van der Waals surface area contributed by atoms with E-state index in [1.165, 1.54) is 5.01 Å². The Morgan fingerprint density at radius 1 is 1.11 bits per heavy atom. The highest BCUT2D eigenvalue weighted by Gasteiger charge is 2.42. The molecule has 1 aromatic carbocycles. The quantitative estimate of drug-likeness (QED) is 0.798. The number of hydrogen-bond donors (Lipinski definition) is 2. The molecule has 1 saturated heterocycles. The fourth-order valence-corrected chi connectivity index (χ4v) is 3.55. The topological polar surface area (TPSA) is 91.4 Å². The molecular weight excluding hydrogens is 356 g/mol. The second-order valence-corrected chi connectivity index (χ2v) is 6.89. The summed E-state index contributed by atoms with van der Waals surface area (Å²) < 4.78 is 0. The molecule has 28 heavy (non-hydrogen) atoms. The summed E-state index contributed by atoms with van der Waals surface area (Å²) in [5, 5.41) is 4.11. The highest BCUT2D eigenvalue weighted by Crippen LogP contribution is 2.32. The van der Waals surface area contributed by atoms with Crippen molar-refractivity contribution in [1.29, 1.82) is 0 Å². The molecule has 1 fully saturated rings. The largest absolute Gasteiger partial charge is 0.348 e. The number of amides is 3. The molecule has 4 rings (SSSR count). The van der Waals surface area contributed by atoms with Gasteiger partial charge in [-0.05, 0) is 48.7 Å². The van der Waals surface area contributed by atoms with E-state index in [4.69, 9.17) is 0 Å². The molecule has 1 aliphatic heterocycles. The third-order valence-electron chi connectivity index (χ3n) is 5.10. The normalized spacial score (nSPS) is 21.1. The number of pyridine rings is 1. The van der Waals surface area contributed by atoms with Gasteiger partial charge in [0.25, 0.3) is 5.91 Å². The van der Waals surface area contributed by atoms with E-state index in [9.17, 15) is 14.4 Å². The Labute approximate surface area is 162 Å². The lowest BCUT2D eigenvalue weighted by Gasteiger charge is -2.38. The molecule has 3 amide bonds. The van der Waals surface area contributed by atoms with Crippen molar-refractivity contribution in [3.63, 3.8) is 0 Å². The zero-order valence-corrected chi connectivity index (χ0v) is 15.2. The lowest BCUT2D eigenvalue weighted by atomic mass is 9.80. The predicted molar refractivity (Wildman–Crippen MR) is 103 cm³/mol. The van der Waals surface area contributed by atoms with E-state index in [1.807, 2.05) is 24.3 Å². The van der Waals surface area contributed by atoms with Crippen LogP contribution in [0.3, 0.4) is 0 Å². The van der Waals surface area contributed by atoms with Crippen LogP contribution >= 0.6 is 0 Å². The van der Waals surface area contributed by atoms with Gasteiger partial charge < -0.3 is 5.32 Å². The van der Waals surface area contributed by atoms with Gasteiger partial charge in [-0.25, -0.2) is 5.01 Å². The van der Waals surface area contributed by atoms with Gasteiger partial charge in [0.1, 0.15) is 0 Å². The van der Waals surface area contributed by atoms with Crippen LogP contribution < -0.4 is 15.8 Å². The summed E-state index contributed by atoms with van der Waals surface area (Å²) in [4.78, 5) is 41.7. The molecule has 142 valence electrons. The van der Waals surface area contributed by atoms with Crippen molar-refractivity contribution in [1.82, 2.24) is 15.7 Å². The average Bonchev–Trinajstić information content (AvgIpc) is 2.75. The third kappa shape index (κ3) is 3.51. The Balaban J connectivity index is 1.50. The van der Waals surface area contributed by atoms with Crippen molar-refractivity contribution in [3.8, 4) is 0 Å². The van der Waals surface area contributed by atoms with Crippen LogP contribution in [0.2, 0.25) is 0 Å². The van der Waals surface area contributed by atoms with Crippen LogP contribution in [0.5, 0.6) is 0 Å². The molecule has 7 heteroatoms. The lowest BCUT2D eigenvalue weighted by Crippen LogP contribution is -2.59. The first kappa shape index (κ1) is 17.9. The zero-order chi connectivity index (χ0) is 19.5. The van der Waals surface area contributed by atoms with Gasteiger partial charge in [0.05, 0.1) is 17.5 Å². The Morgan fingerprint density at radius 3 is 2.64 bits per heavy atom. The molecule has 0 unspecified atom stereocenters. The summed E-state index contributed by atoms with van der Waals surface area (Å²) >= 11 is 0. The number of nitrogens with zero attached hydrogens (tertiary/aromatic N) is 2. The molecule has 0 spiro atoms. The fourth-order valence-electron chi connectivity index (χ4n) is 3.55. The number of allylic oxidation sites excluding steroid dienone is 2. The molecule has 2 atom stereocenters. The van der Waals surface area contributed by atoms with Gasteiger partial charge in [0, 0.05) is 24.5 Å². The SMILES string of the molecule is O=C(NCc1ccncc1)c1cccc(N2NC(=O)[C@H]3CC=CC[C@H]3C2=O)c1. The predicted octanol–water partition coefficient (Wildman–Crippen LogP) is 1.97. The first-order valence-corrected chi connectivity index (χ1v) is 9.20. The number of nitrogens with one attached hydrogen (secondary N) is 2. The van der Waals surface area contributed by atoms with Crippen molar-refractivity contribution in [3.05, 3.63) is 72.1 Å². The van der Waals surface area contributed by atoms with E-state index in [0.717, 1.165) is 5.56 Å². The van der Waals surface area contributed by atoms with E-state index >= 15 is 0 Å². The maximum Gasteiger partial charge on any atom is 0.251 e. The van der Waals surface area contributed by atoms with E-state index < -0.39 is 0 Å². The van der Waals surface area contributed by atoms with E-state index in [1.54, 1.807) is 36.7 Å². The van der Waals surface area contributed by atoms with Crippen LogP contribution in [0.4, 0.5) is 5.69 Å². The summed E-state index contributed by atoms with van der Waals surface area (Å²) in [7, 11) is 0. The number of rotatable bonds is 4. The highest BCUT2D eigenvalue weighted by molar-refractivity contribution is 6.05. The molecule has 2 aliphatic rings. The van der Waals surface area contributed by atoms with Gasteiger partial charge in [-0.15, -0.1) is 0 Å². The first-order valence-electron chi connectivity index (χ1n) is 9.20. The van der Waals surface area contributed by atoms with Gasteiger partial charge in [-0.1, -0.05) is 18.2 Å². The van der Waals surface area contributed by atoms with Gasteiger partial charge in [0.2, 0.25) is 11.8 Å². The van der Waals surface area contributed by atoms with E-state index in [0.29, 0.717) is 30.6 Å². The summed E-state index contributed by atoms with van der Waals surface area (Å²) in [5.74, 6) is -1.25. The Morgan fingerprint density at radius 2 is 1.86 bits per heavy atom. The minimum atomic E-state index is -0.358. The maximum absolute atomic E-state index is 12.9. The van der Waals surface area contributed by atoms with Crippen molar-refractivity contribution >= 4 is 23.4 Å². The smallest absolute Gasteiger partial charge is 0.251 e. The summed E-state index contributed by atoms with van der Waals surface area (Å²) in [6, 6.07) is 10.3. The minimum absolute atomic E-state index is 0.150. The van der Waals surface area contributed by atoms with Crippen LogP contribution in [0, 0.1) is 11.8 Å². The van der Waals surface area contributed by atoms with Crippen molar-refractivity contribution < 1.29 is 14.4 Å². The van der Waals surface area contributed by atoms with E-state index in [2.05, 4.69) is 15.7 Å². The Kier molecular flexibility index (Phi) is 4.89. The molecule has 1 aromatic heterocycles. The van der Waals surface area contributed by atoms with Crippen LogP contribution in [0.15, 0.2) is 60.9 Å². The number of hydrogen-bond acceptors (Lipinski definition) is 4. The number of hydrazine groups is 1. The van der Waals surface area contributed by atoms with Crippen molar-refractivity contribution in [2.45, 2.75) is 19.4 Å². The van der Waals surface area contributed by atoms with Gasteiger partial charge in [-0.3, -0.25) is 24.8 Å². The van der Waals surface area contributed by atoms with Gasteiger partial charge >= 0.3 is 0 Å². The van der Waals surface area contributed by atoms with Crippen LogP contribution in [0.1, 0.15) is 28.8 Å². The van der Waals surface area contributed by atoms with Crippen LogP contribution in [0.25, 0.3) is 0 Å². The molecule has 7 nitrogen and oxygen atoms in total. The minimum Gasteiger partial charge on any atom is -0.348 e. The Hall–Kier alpha value is -3.48. The zero-order valence-electron chi connectivity index (χ0n) is 15.2. The van der Waals surface area contributed by atoms with Crippen LogP contribution in [-0.4, -0.2) is 22.7 Å². The second kappa shape index (κ2) is 7.64. The average molecular weight is 376 g/mol. The monoisotopic (exact) mass is 376 g/mol. The molecule has 1 aliphatic carbocycles. The number of carbonyl (C=O) groups excluding carboxylic acids is 3. The lowest BCUT2D eigenvalue weighted by molar-refractivity contribution is -0.139. The molecular formula is C21H20N4O3. The number of fused-ring (bicyclic) bond motifs is 1. The maximum atomic E-state index is 12.9. The van der Waals surface area contributed by atoms with Gasteiger partial charge in [0.15, 0.2) is 0 Å². The molecule has 0 bridgehead atoms. The van der Waals surface area contributed by atoms with Crippen LogP contribution in [-0.2, 0) is 16.1 Å². The first-order chi connectivity index (χ1) is 13.6.